The SMILES string of the molecule is CCCCCCCCC/C=C/CC/C=C/CC/C=C/C(O)C(COC1OC(CO)C(O)C(O)C1O)NC(=O)CCCCCCCCCCCCCCCCCCCCCCCCCCCCCCCCCCC. The molecule has 1 amide bonds. The highest BCUT2D eigenvalue weighted by molar-refractivity contribution is 5.76. The molecule has 0 aromatic carbocycles. The maximum Gasteiger partial charge on any atom is 0.220 e. The van der Waals surface area contributed by atoms with Gasteiger partial charge in [-0.05, 0) is 44.9 Å². The van der Waals surface area contributed by atoms with Crippen molar-refractivity contribution >= 4 is 5.91 Å². The fourth-order valence-electron chi connectivity index (χ4n) is 10.2. The van der Waals surface area contributed by atoms with E-state index in [1.54, 1.807) is 6.08 Å². The number of ether oxygens (including phenoxy) is 2. The fraction of sp³-hybridized carbons (Fsp3) is 0.891. The van der Waals surface area contributed by atoms with Crippen molar-refractivity contribution in [2.45, 2.75) is 352 Å². The molecule has 1 aliphatic heterocycles. The van der Waals surface area contributed by atoms with Crippen LogP contribution >= 0.6 is 0 Å². The van der Waals surface area contributed by atoms with Crippen LogP contribution in [0.25, 0.3) is 0 Å². The maximum atomic E-state index is 13.1. The molecule has 0 aromatic heterocycles. The van der Waals surface area contributed by atoms with Crippen molar-refractivity contribution in [2.75, 3.05) is 13.2 Å². The van der Waals surface area contributed by atoms with Crippen LogP contribution < -0.4 is 5.32 Å². The zero-order valence-electron chi connectivity index (χ0n) is 47.9. The van der Waals surface area contributed by atoms with Gasteiger partial charge in [-0.3, -0.25) is 4.79 Å². The van der Waals surface area contributed by atoms with Crippen LogP contribution in [0.1, 0.15) is 309 Å². The number of aliphatic hydroxyl groups excluding tert-OH is 5. The Morgan fingerprint density at radius 3 is 1.15 bits per heavy atom. The van der Waals surface area contributed by atoms with Gasteiger partial charge in [0.05, 0.1) is 25.4 Å². The number of rotatable bonds is 55. The van der Waals surface area contributed by atoms with E-state index in [0.29, 0.717) is 6.42 Å². The normalized spacial score (nSPS) is 19.2. The first-order valence-corrected chi connectivity index (χ1v) is 31.7. The summed E-state index contributed by atoms with van der Waals surface area (Å²) in [5.74, 6) is -0.185. The highest BCUT2D eigenvalue weighted by Gasteiger charge is 2.44. The quantitative estimate of drug-likeness (QED) is 0.0261. The molecule has 0 saturated carbocycles. The smallest absolute Gasteiger partial charge is 0.220 e. The molecule has 7 atom stereocenters. The van der Waals surface area contributed by atoms with Crippen molar-refractivity contribution in [1.29, 1.82) is 0 Å². The summed E-state index contributed by atoms with van der Waals surface area (Å²) in [4.78, 5) is 13.1. The number of amides is 1. The summed E-state index contributed by atoms with van der Waals surface area (Å²) in [6, 6.07) is -0.826. The van der Waals surface area contributed by atoms with Crippen molar-refractivity contribution in [3.8, 4) is 0 Å². The number of aliphatic hydroxyl groups is 5. The van der Waals surface area contributed by atoms with Gasteiger partial charge in [0.1, 0.15) is 24.4 Å². The Hall–Kier alpha value is -1.59. The van der Waals surface area contributed by atoms with E-state index in [9.17, 15) is 30.3 Å². The van der Waals surface area contributed by atoms with Crippen molar-refractivity contribution in [3.63, 3.8) is 0 Å². The predicted molar refractivity (Wildman–Crippen MR) is 309 cm³/mol. The molecule has 0 spiro atoms. The molecule has 1 fully saturated rings. The Morgan fingerprint density at radius 1 is 0.452 bits per heavy atom. The number of hydrogen-bond acceptors (Lipinski definition) is 8. The summed E-state index contributed by atoms with van der Waals surface area (Å²) in [6.45, 7) is 3.78. The Balaban J connectivity index is 2.12. The lowest BCUT2D eigenvalue weighted by Crippen LogP contribution is -2.60. The van der Waals surface area contributed by atoms with E-state index in [1.807, 2.05) is 6.08 Å². The lowest BCUT2D eigenvalue weighted by Gasteiger charge is -2.40. The van der Waals surface area contributed by atoms with E-state index in [0.717, 1.165) is 44.9 Å². The lowest BCUT2D eigenvalue weighted by molar-refractivity contribution is -0.302. The maximum absolute atomic E-state index is 13.1. The average Bonchev–Trinajstić information content (AvgIpc) is 3.39. The Labute approximate surface area is 451 Å². The Morgan fingerprint density at radius 2 is 0.781 bits per heavy atom. The van der Waals surface area contributed by atoms with Crippen LogP contribution in [-0.2, 0) is 14.3 Å². The van der Waals surface area contributed by atoms with Gasteiger partial charge in [-0.15, -0.1) is 0 Å². The second-order valence-corrected chi connectivity index (χ2v) is 22.2. The standard InChI is InChI=1S/C64H121NO8/c1-3-5-7-9-11-13-15-17-19-21-22-23-24-25-26-27-28-29-30-31-32-33-34-35-36-38-40-42-44-46-48-50-52-54-60(68)65-57(56-72-64-63(71)62(70)61(69)59(55-66)73-64)58(67)53-51-49-47-45-43-41-39-37-20-18-16-14-12-10-8-6-4-2/h20,37,43,45,51,53,57-59,61-64,66-67,69-71H,3-19,21-36,38-42,44,46-50,52,54-56H2,1-2H3,(H,65,68)/b37-20+,45-43+,53-51+. The lowest BCUT2D eigenvalue weighted by atomic mass is 9.99. The molecule has 0 radical (unpaired) electrons. The minimum atomic E-state index is -1.57. The van der Waals surface area contributed by atoms with Crippen LogP contribution in [0, 0.1) is 0 Å². The minimum Gasteiger partial charge on any atom is -0.394 e. The molecule has 0 aromatic rings. The molecule has 0 aliphatic carbocycles. The number of hydrogen-bond donors (Lipinski definition) is 6. The first-order valence-electron chi connectivity index (χ1n) is 31.7. The number of nitrogens with one attached hydrogen (secondary N) is 1. The third-order valence-corrected chi connectivity index (χ3v) is 15.2. The number of carbonyl (C=O) groups is 1. The van der Waals surface area contributed by atoms with Gasteiger partial charge in [-0.25, -0.2) is 0 Å². The molecule has 6 N–H and O–H groups in total. The third kappa shape index (κ3) is 43.1. The molecule has 1 rings (SSSR count). The first-order chi connectivity index (χ1) is 35.8. The zero-order chi connectivity index (χ0) is 52.9. The molecular weight excluding hydrogens is 911 g/mol. The summed E-state index contributed by atoms with van der Waals surface area (Å²) in [5, 5.41) is 54.5. The van der Waals surface area contributed by atoms with Crippen molar-refractivity contribution in [3.05, 3.63) is 36.5 Å². The summed E-state index contributed by atoms with van der Waals surface area (Å²) < 4.78 is 11.3. The minimum absolute atomic E-state index is 0.185. The zero-order valence-corrected chi connectivity index (χ0v) is 47.9. The summed E-state index contributed by atoms with van der Waals surface area (Å²) in [7, 11) is 0. The summed E-state index contributed by atoms with van der Waals surface area (Å²) >= 11 is 0. The second-order valence-electron chi connectivity index (χ2n) is 22.2. The van der Waals surface area contributed by atoms with Gasteiger partial charge >= 0.3 is 0 Å². The predicted octanol–water partition coefficient (Wildman–Crippen LogP) is 16.3. The number of unbranched alkanes of at least 4 members (excludes halogenated alkanes) is 41. The molecule has 7 unspecified atom stereocenters. The van der Waals surface area contributed by atoms with Crippen LogP contribution in [0.15, 0.2) is 36.5 Å². The van der Waals surface area contributed by atoms with Crippen LogP contribution in [0.4, 0.5) is 0 Å². The number of carbonyl (C=O) groups excluding carboxylic acids is 1. The van der Waals surface area contributed by atoms with Gasteiger partial charge in [0.2, 0.25) is 5.91 Å². The largest absolute Gasteiger partial charge is 0.394 e. The summed E-state index contributed by atoms with van der Waals surface area (Å²) in [5.41, 5.74) is 0. The van der Waals surface area contributed by atoms with Gasteiger partial charge in [0, 0.05) is 6.42 Å². The third-order valence-electron chi connectivity index (χ3n) is 15.2. The molecule has 1 saturated heterocycles. The highest BCUT2D eigenvalue weighted by Crippen LogP contribution is 2.23. The summed E-state index contributed by atoms with van der Waals surface area (Å²) in [6.07, 6.45) is 63.9. The van der Waals surface area contributed by atoms with Gasteiger partial charge in [-0.2, -0.15) is 0 Å². The first kappa shape index (κ1) is 69.4. The van der Waals surface area contributed by atoms with Crippen molar-refractivity contribution in [1.82, 2.24) is 5.32 Å². The van der Waals surface area contributed by atoms with Gasteiger partial charge in [0.15, 0.2) is 6.29 Å². The van der Waals surface area contributed by atoms with Crippen LogP contribution in [0.3, 0.4) is 0 Å². The van der Waals surface area contributed by atoms with Crippen molar-refractivity contribution in [2.24, 2.45) is 0 Å². The van der Waals surface area contributed by atoms with Crippen molar-refractivity contribution < 1.29 is 39.8 Å². The highest BCUT2D eigenvalue weighted by atomic mass is 16.7. The van der Waals surface area contributed by atoms with E-state index >= 15 is 0 Å². The van der Waals surface area contributed by atoms with Crippen LogP contribution in [0.2, 0.25) is 0 Å². The van der Waals surface area contributed by atoms with Gasteiger partial charge < -0.3 is 40.3 Å². The van der Waals surface area contributed by atoms with E-state index in [2.05, 4.69) is 43.5 Å². The van der Waals surface area contributed by atoms with E-state index in [-0.39, 0.29) is 12.5 Å². The Kier molecular flexibility index (Phi) is 51.2. The molecule has 430 valence electrons. The molecular formula is C64H121NO8. The molecule has 1 heterocycles. The second kappa shape index (κ2) is 53.8. The van der Waals surface area contributed by atoms with E-state index in [4.69, 9.17) is 9.47 Å². The molecule has 9 nitrogen and oxygen atoms in total. The average molecular weight is 1030 g/mol. The monoisotopic (exact) mass is 1030 g/mol. The van der Waals surface area contributed by atoms with E-state index in [1.165, 1.54) is 244 Å². The topological polar surface area (TPSA) is 149 Å². The van der Waals surface area contributed by atoms with E-state index < -0.39 is 49.5 Å². The molecule has 73 heavy (non-hydrogen) atoms. The number of allylic oxidation sites excluding steroid dienone is 5. The Bertz CT molecular complexity index is 1240. The fourth-order valence-corrected chi connectivity index (χ4v) is 10.2. The van der Waals surface area contributed by atoms with Gasteiger partial charge in [0.25, 0.3) is 0 Å². The van der Waals surface area contributed by atoms with Crippen LogP contribution in [0.5, 0.6) is 0 Å². The molecule has 1 aliphatic rings. The molecule has 0 bridgehead atoms. The molecule has 9 heteroatoms. The van der Waals surface area contributed by atoms with Crippen LogP contribution in [-0.4, -0.2) is 87.5 Å². The van der Waals surface area contributed by atoms with Gasteiger partial charge in [-0.1, -0.05) is 294 Å².